The largest absolute Gasteiger partial charge is 2.00 e. The van der Waals surface area contributed by atoms with Gasteiger partial charge in [-0.2, -0.15) is 0 Å². The second kappa shape index (κ2) is 3.73. The van der Waals surface area contributed by atoms with Crippen molar-refractivity contribution in [2.45, 2.75) is 0 Å². The molecule has 0 fully saturated rings. The Morgan fingerprint density at radius 2 is 1.40 bits per heavy atom. The van der Waals surface area contributed by atoms with E-state index in [1.54, 1.807) is 0 Å². The van der Waals surface area contributed by atoms with Crippen molar-refractivity contribution >= 4 is 0 Å². The van der Waals surface area contributed by atoms with E-state index in [4.69, 9.17) is 15.3 Å². The summed E-state index contributed by atoms with van der Waals surface area (Å²) in [6.07, 6.45) is 0. The van der Waals surface area contributed by atoms with Gasteiger partial charge in [-0.25, -0.2) is 0 Å². The molecular formula is CrNO3+. The van der Waals surface area contributed by atoms with Crippen LogP contribution in [0.5, 0.6) is 0 Å². The van der Waals surface area contributed by atoms with E-state index in [1.165, 1.54) is 0 Å². The van der Waals surface area contributed by atoms with Gasteiger partial charge in [-0.1, -0.05) is 0 Å². The molecule has 0 N–H and O–H groups in total. The van der Waals surface area contributed by atoms with Crippen molar-refractivity contribution in [1.82, 2.24) is 0 Å². The van der Waals surface area contributed by atoms with Crippen LogP contribution in [0.25, 0.3) is 0 Å². The molecule has 0 amide bonds. The van der Waals surface area contributed by atoms with Gasteiger partial charge in [0, 0.05) is 0 Å². The van der Waals surface area contributed by atoms with E-state index >= 15 is 0 Å². The van der Waals surface area contributed by atoms with Crippen LogP contribution < -0.4 is 0 Å². The standard InChI is InChI=1S/Cr.NO3/c;2-1(3)4/q+2;-1. The minimum absolute atomic E-state index is 0. The maximum atomic E-state index is 8.25. The predicted molar refractivity (Wildman–Crippen MR) is 10.4 cm³/mol. The van der Waals surface area contributed by atoms with Gasteiger partial charge in [-0.15, -0.1) is 0 Å². The summed E-state index contributed by atoms with van der Waals surface area (Å²) in [6, 6.07) is 0. The van der Waals surface area contributed by atoms with Gasteiger partial charge in [0.15, 0.2) is 0 Å². The molecule has 0 aliphatic heterocycles. The van der Waals surface area contributed by atoms with Crippen LogP contribution in [0.3, 0.4) is 0 Å². The average molecular weight is 114 g/mol. The Morgan fingerprint density at radius 1 is 1.40 bits per heavy atom. The zero-order valence-corrected chi connectivity index (χ0v) is 3.36. The topological polar surface area (TPSA) is 66.2 Å². The van der Waals surface area contributed by atoms with Gasteiger partial charge in [0.1, 0.15) is 0 Å². The Morgan fingerprint density at radius 3 is 1.40 bits per heavy atom. The summed E-state index contributed by atoms with van der Waals surface area (Å²) < 4.78 is 0. The minimum atomic E-state index is -1.75. The zero-order valence-electron chi connectivity index (χ0n) is 2.08. The van der Waals surface area contributed by atoms with E-state index in [9.17, 15) is 0 Å². The van der Waals surface area contributed by atoms with Crippen molar-refractivity contribution in [2.24, 2.45) is 0 Å². The van der Waals surface area contributed by atoms with Crippen LogP contribution in [0.15, 0.2) is 0 Å². The molecule has 0 aromatic carbocycles. The third-order valence-electron chi connectivity index (χ3n) is 0. The molecule has 0 aliphatic rings. The van der Waals surface area contributed by atoms with Crippen LogP contribution in [0.2, 0.25) is 0 Å². The Labute approximate surface area is 38.6 Å². The predicted octanol–water partition coefficient (Wildman–Crippen LogP) is -0.242. The second-order valence-electron chi connectivity index (χ2n) is 0.224. The number of rotatable bonds is 0. The molecule has 0 saturated carbocycles. The van der Waals surface area contributed by atoms with Gasteiger partial charge in [0.05, 0.1) is 5.09 Å². The van der Waals surface area contributed by atoms with Crippen molar-refractivity contribution in [3.05, 3.63) is 15.3 Å². The first-order valence-electron chi connectivity index (χ1n) is 0.548. The summed E-state index contributed by atoms with van der Waals surface area (Å²) in [7, 11) is 0. The molecular weight excluding hydrogens is 114 g/mol. The first-order valence-corrected chi connectivity index (χ1v) is 0.548. The summed E-state index contributed by atoms with van der Waals surface area (Å²) in [6.45, 7) is 0. The molecule has 0 aliphatic carbocycles. The molecule has 5 heteroatoms. The first kappa shape index (κ1) is 8.83. The molecule has 0 aromatic heterocycles. The molecule has 0 heterocycles. The van der Waals surface area contributed by atoms with Crippen LogP contribution in [0.1, 0.15) is 0 Å². The Bertz CT molecular complexity index is 29.9. The van der Waals surface area contributed by atoms with E-state index in [2.05, 4.69) is 0 Å². The monoisotopic (exact) mass is 114 g/mol. The fraction of sp³-hybridized carbons (Fsp3) is 0. The SMILES string of the molecule is O=[N+]([O-])[O-].[Cr+2]. The van der Waals surface area contributed by atoms with Gasteiger partial charge in [0.25, 0.3) is 0 Å². The number of hydrogen-bond acceptors (Lipinski definition) is 3. The van der Waals surface area contributed by atoms with Crippen molar-refractivity contribution in [3.63, 3.8) is 0 Å². The molecule has 0 bridgehead atoms. The molecule has 4 nitrogen and oxygen atoms in total. The minimum Gasteiger partial charge on any atom is -0.356 e. The average Bonchev–Trinajstić information content (AvgIpc) is 0.811. The first-order chi connectivity index (χ1) is 1.73. The fourth-order valence-electron chi connectivity index (χ4n) is 0. The van der Waals surface area contributed by atoms with Crippen LogP contribution in [0.4, 0.5) is 0 Å². The maximum Gasteiger partial charge on any atom is 2.00 e. The van der Waals surface area contributed by atoms with Crippen LogP contribution in [0, 0.1) is 15.3 Å². The number of hydrogen-bond donors (Lipinski definition) is 0. The van der Waals surface area contributed by atoms with Gasteiger partial charge >= 0.3 is 17.4 Å². The number of nitrogens with zero attached hydrogens (tertiary/aromatic N) is 1. The van der Waals surface area contributed by atoms with E-state index in [0.29, 0.717) is 0 Å². The molecule has 0 saturated heterocycles. The van der Waals surface area contributed by atoms with Gasteiger partial charge in [-0.3, -0.25) is 0 Å². The van der Waals surface area contributed by atoms with Crippen LogP contribution >= 0.6 is 0 Å². The van der Waals surface area contributed by atoms with E-state index in [-0.39, 0.29) is 17.4 Å². The van der Waals surface area contributed by atoms with E-state index in [0.717, 1.165) is 0 Å². The van der Waals surface area contributed by atoms with Crippen LogP contribution in [-0.4, -0.2) is 5.09 Å². The third kappa shape index (κ3) is 157. The Hall–Kier alpha value is -0.268. The summed E-state index contributed by atoms with van der Waals surface area (Å²) >= 11 is 0. The van der Waals surface area contributed by atoms with Crippen LogP contribution in [-0.2, 0) is 17.4 Å². The summed E-state index contributed by atoms with van der Waals surface area (Å²) in [5, 5.41) is 14.8. The van der Waals surface area contributed by atoms with Gasteiger partial charge in [-0.05, 0) is 0 Å². The molecule has 0 aromatic rings. The molecule has 0 spiro atoms. The van der Waals surface area contributed by atoms with E-state index < -0.39 is 5.09 Å². The maximum absolute atomic E-state index is 8.25. The smallest absolute Gasteiger partial charge is 0.356 e. The summed E-state index contributed by atoms with van der Waals surface area (Å²) in [5.41, 5.74) is 0. The van der Waals surface area contributed by atoms with Gasteiger partial charge < -0.3 is 15.3 Å². The molecule has 0 atom stereocenters. The Balaban J connectivity index is 0. The molecule has 0 rings (SSSR count). The summed E-state index contributed by atoms with van der Waals surface area (Å²) in [5.74, 6) is 0. The molecule has 0 unspecified atom stereocenters. The zero-order chi connectivity index (χ0) is 3.58. The Kier molecular flexibility index (Phi) is 6.59. The second-order valence-corrected chi connectivity index (χ2v) is 0.224. The normalized spacial score (nSPS) is 4.80. The van der Waals surface area contributed by atoms with Crippen molar-refractivity contribution in [2.75, 3.05) is 0 Å². The third-order valence-corrected chi connectivity index (χ3v) is 0. The quantitative estimate of drug-likeness (QED) is 0.322. The van der Waals surface area contributed by atoms with Crippen molar-refractivity contribution in [1.29, 1.82) is 0 Å². The molecule has 28 valence electrons. The molecule has 0 radical (unpaired) electrons. The van der Waals surface area contributed by atoms with Crippen molar-refractivity contribution in [3.8, 4) is 0 Å². The fourth-order valence-corrected chi connectivity index (χ4v) is 0. The van der Waals surface area contributed by atoms with E-state index in [1.807, 2.05) is 0 Å². The van der Waals surface area contributed by atoms with Gasteiger partial charge in [0.2, 0.25) is 0 Å². The molecule has 5 heavy (non-hydrogen) atoms. The summed E-state index contributed by atoms with van der Waals surface area (Å²) in [4.78, 5) is 8.25. The van der Waals surface area contributed by atoms with Crippen molar-refractivity contribution < 1.29 is 22.4 Å².